The number of aryl methyl sites for hydroxylation is 1. The van der Waals surface area contributed by atoms with Crippen molar-refractivity contribution in [3.63, 3.8) is 0 Å². The summed E-state index contributed by atoms with van der Waals surface area (Å²) in [6.07, 6.45) is 3.58. The van der Waals surface area contributed by atoms with Crippen LogP contribution >= 0.6 is 0 Å². The second-order valence-electron chi connectivity index (χ2n) is 5.56. The second kappa shape index (κ2) is 8.02. The molecule has 0 saturated carbocycles. The van der Waals surface area contributed by atoms with Crippen molar-refractivity contribution < 1.29 is 9.53 Å². The molecule has 0 fully saturated rings. The van der Waals surface area contributed by atoms with Crippen molar-refractivity contribution in [1.29, 1.82) is 0 Å². The Bertz CT molecular complexity index is 917. The average molecular weight is 333 g/mol. The number of benzene rings is 1. The summed E-state index contributed by atoms with van der Waals surface area (Å²) in [4.78, 5) is 16.1. The van der Waals surface area contributed by atoms with Gasteiger partial charge < -0.3 is 14.6 Å². The van der Waals surface area contributed by atoms with Gasteiger partial charge in [-0.2, -0.15) is 0 Å². The molecule has 0 saturated heterocycles. The van der Waals surface area contributed by atoms with Crippen molar-refractivity contribution in [2.75, 3.05) is 13.2 Å². The van der Waals surface area contributed by atoms with E-state index in [0.29, 0.717) is 12.3 Å². The highest BCUT2D eigenvalue weighted by atomic mass is 16.5. The van der Waals surface area contributed by atoms with E-state index in [1.165, 1.54) is 0 Å². The minimum Gasteiger partial charge on any atom is -0.479 e. The smallest absolute Gasteiger partial charge is 0.240 e. The zero-order valence-electron chi connectivity index (χ0n) is 14.0. The van der Waals surface area contributed by atoms with Crippen LogP contribution in [0.2, 0.25) is 0 Å². The number of hydrogen-bond donors (Lipinski definition) is 1. The minimum atomic E-state index is -0.0701. The summed E-state index contributed by atoms with van der Waals surface area (Å²) in [6.45, 7) is 2.76. The highest BCUT2D eigenvalue weighted by Gasteiger charge is 2.04. The number of para-hydroxylation sites is 1. The van der Waals surface area contributed by atoms with Gasteiger partial charge in [0, 0.05) is 17.4 Å². The summed E-state index contributed by atoms with van der Waals surface area (Å²) >= 11 is 0. The lowest BCUT2D eigenvalue weighted by atomic mass is 10.2. The van der Waals surface area contributed by atoms with Gasteiger partial charge in [0.2, 0.25) is 5.91 Å². The van der Waals surface area contributed by atoms with E-state index >= 15 is 0 Å². The average Bonchev–Trinajstić information content (AvgIpc) is 3.02. The summed E-state index contributed by atoms with van der Waals surface area (Å²) < 4.78 is 7.37. The van der Waals surface area contributed by atoms with Crippen LogP contribution < -0.4 is 10.1 Å². The predicted molar refractivity (Wildman–Crippen MR) is 97.2 cm³/mol. The maximum Gasteiger partial charge on any atom is 0.240 e. The molecule has 2 heterocycles. The van der Waals surface area contributed by atoms with Crippen LogP contribution in [0.25, 0.3) is 10.9 Å². The number of aromatic nitrogens is 2. The third-order valence-electron chi connectivity index (χ3n) is 3.69. The number of nitrogens with zero attached hydrogens (tertiary/aromatic N) is 2. The van der Waals surface area contributed by atoms with Crippen molar-refractivity contribution in [3.05, 3.63) is 60.6 Å². The Balaban J connectivity index is 1.42. The van der Waals surface area contributed by atoms with Crippen LogP contribution in [0.1, 0.15) is 5.69 Å². The molecule has 5 heteroatoms. The van der Waals surface area contributed by atoms with E-state index in [1.807, 2.05) is 60.2 Å². The molecule has 1 N–H and O–H groups in total. The van der Waals surface area contributed by atoms with Gasteiger partial charge >= 0.3 is 0 Å². The fraction of sp³-hybridized carbons (Fsp3) is 0.200. The molecule has 0 bridgehead atoms. The van der Waals surface area contributed by atoms with Crippen molar-refractivity contribution in [2.24, 2.45) is 0 Å². The fourth-order valence-electron chi connectivity index (χ4n) is 2.40. The van der Waals surface area contributed by atoms with Crippen molar-refractivity contribution in [3.8, 4) is 17.6 Å². The Morgan fingerprint density at radius 2 is 2.08 bits per heavy atom. The van der Waals surface area contributed by atoms with Crippen LogP contribution in [0.3, 0.4) is 0 Å². The molecule has 1 amide bonds. The van der Waals surface area contributed by atoms with Crippen LogP contribution in [0, 0.1) is 18.8 Å². The van der Waals surface area contributed by atoms with Gasteiger partial charge in [-0.25, -0.2) is 0 Å². The molecule has 0 atom stereocenters. The Kier molecular flexibility index (Phi) is 5.32. The number of carbonyl (C=O) groups is 1. The molecule has 5 nitrogen and oxygen atoms in total. The Labute approximate surface area is 146 Å². The van der Waals surface area contributed by atoms with E-state index in [-0.39, 0.29) is 19.1 Å². The number of ether oxygens (including phenoxy) is 1. The first-order chi connectivity index (χ1) is 12.2. The molecule has 25 heavy (non-hydrogen) atoms. The topological polar surface area (TPSA) is 56.1 Å². The molecule has 0 radical (unpaired) electrons. The molecular weight excluding hydrogens is 314 g/mol. The number of rotatable bonds is 5. The van der Waals surface area contributed by atoms with Crippen LogP contribution in [-0.2, 0) is 11.3 Å². The molecule has 1 aromatic carbocycles. The third kappa shape index (κ3) is 4.61. The number of nitrogens with one attached hydrogen (secondary N) is 1. The number of hydrogen-bond acceptors (Lipinski definition) is 3. The molecular formula is C20H19N3O2. The Hall–Kier alpha value is -3.26. The second-order valence-corrected chi connectivity index (χ2v) is 5.56. The quantitative estimate of drug-likeness (QED) is 0.730. The number of amides is 1. The first-order valence-corrected chi connectivity index (χ1v) is 8.04. The summed E-state index contributed by atoms with van der Waals surface area (Å²) in [5.41, 5.74) is 1.99. The lowest BCUT2D eigenvalue weighted by Crippen LogP contribution is -2.27. The van der Waals surface area contributed by atoms with Crippen molar-refractivity contribution in [1.82, 2.24) is 14.9 Å². The SMILES string of the molecule is Cc1ccc(OCC#CCNC(=O)Cn2ccc3ccccc32)cn1. The molecule has 0 aliphatic rings. The normalized spacial score (nSPS) is 10.1. The van der Waals surface area contributed by atoms with E-state index in [0.717, 1.165) is 16.6 Å². The van der Waals surface area contributed by atoms with Gasteiger partial charge in [0.15, 0.2) is 0 Å². The molecule has 2 aromatic heterocycles. The van der Waals surface area contributed by atoms with Gasteiger partial charge in [-0.3, -0.25) is 9.78 Å². The van der Waals surface area contributed by atoms with Gasteiger partial charge in [-0.05, 0) is 36.6 Å². The number of pyridine rings is 1. The van der Waals surface area contributed by atoms with E-state index in [9.17, 15) is 4.79 Å². The molecule has 126 valence electrons. The lowest BCUT2D eigenvalue weighted by Gasteiger charge is -2.05. The first-order valence-electron chi connectivity index (χ1n) is 8.04. The highest BCUT2D eigenvalue weighted by Crippen LogP contribution is 2.14. The monoisotopic (exact) mass is 333 g/mol. The molecule has 0 aliphatic heterocycles. The van der Waals surface area contributed by atoms with Gasteiger partial charge in [0.1, 0.15) is 18.9 Å². The van der Waals surface area contributed by atoms with Crippen LogP contribution in [0.15, 0.2) is 54.9 Å². The summed E-state index contributed by atoms with van der Waals surface area (Å²) in [5, 5.41) is 3.91. The zero-order chi connectivity index (χ0) is 17.5. The van der Waals surface area contributed by atoms with Gasteiger partial charge in [-0.1, -0.05) is 30.0 Å². The predicted octanol–water partition coefficient (Wildman–Crippen LogP) is 2.54. The summed E-state index contributed by atoms with van der Waals surface area (Å²) in [7, 11) is 0. The van der Waals surface area contributed by atoms with Gasteiger partial charge in [-0.15, -0.1) is 0 Å². The van der Waals surface area contributed by atoms with Crippen molar-refractivity contribution >= 4 is 16.8 Å². The highest BCUT2D eigenvalue weighted by molar-refractivity contribution is 5.83. The Morgan fingerprint density at radius 1 is 1.20 bits per heavy atom. The minimum absolute atomic E-state index is 0.0701. The number of carbonyl (C=O) groups excluding carboxylic acids is 1. The van der Waals surface area contributed by atoms with Gasteiger partial charge in [0.05, 0.1) is 12.7 Å². The van der Waals surface area contributed by atoms with E-state index in [2.05, 4.69) is 22.1 Å². The van der Waals surface area contributed by atoms with E-state index in [1.54, 1.807) is 6.20 Å². The zero-order valence-corrected chi connectivity index (χ0v) is 14.0. The molecule has 3 rings (SSSR count). The third-order valence-corrected chi connectivity index (χ3v) is 3.69. The van der Waals surface area contributed by atoms with Crippen LogP contribution in [-0.4, -0.2) is 28.6 Å². The van der Waals surface area contributed by atoms with Crippen LogP contribution in [0.4, 0.5) is 0 Å². The van der Waals surface area contributed by atoms with E-state index in [4.69, 9.17) is 4.74 Å². The molecule has 0 aliphatic carbocycles. The summed E-state index contributed by atoms with van der Waals surface area (Å²) in [6, 6.07) is 13.7. The maximum absolute atomic E-state index is 12.0. The maximum atomic E-state index is 12.0. The largest absolute Gasteiger partial charge is 0.479 e. The van der Waals surface area contributed by atoms with Crippen LogP contribution in [0.5, 0.6) is 5.75 Å². The van der Waals surface area contributed by atoms with E-state index < -0.39 is 0 Å². The van der Waals surface area contributed by atoms with Crippen molar-refractivity contribution in [2.45, 2.75) is 13.5 Å². The fourth-order valence-corrected chi connectivity index (χ4v) is 2.40. The Morgan fingerprint density at radius 3 is 2.92 bits per heavy atom. The first kappa shape index (κ1) is 16.6. The summed E-state index contributed by atoms with van der Waals surface area (Å²) in [5.74, 6) is 6.36. The molecule has 0 unspecified atom stereocenters. The molecule has 0 spiro atoms. The lowest BCUT2D eigenvalue weighted by molar-refractivity contribution is -0.121. The van der Waals surface area contributed by atoms with Gasteiger partial charge in [0.25, 0.3) is 0 Å². The molecule has 3 aromatic rings. The number of fused-ring (bicyclic) bond motifs is 1. The standard InChI is InChI=1S/C20H19N3O2/c1-16-8-9-18(14-22-16)25-13-5-4-11-21-20(24)15-23-12-10-17-6-2-3-7-19(17)23/h2-3,6-10,12,14H,11,13,15H2,1H3,(H,21,24).